The van der Waals surface area contributed by atoms with Gasteiger partial charge in [0.15, 0.2) is 0 Å². The van der Waals surface area contributed by atoms with Crippen LogP contribution in [0.3, 0.4) is 0 Å². The molecule has 0 saturated heterocycles. The summed E-state index contributed by atoms with van der Waals surface area (Å²) < 4.78 is 11.0. The molecule has 30 heavy (non-hydrogen) atoms. The second kappa shape index (κ2) is 11.6. The van der Waals surface area contributed by atoms with Crippen LogP contribution in [0.5, 0.6) is 11.5 Å². The van der Waals surface area contributed by atoms with Gasteiger partial charge in [0.25, 0.3) is 0 Å². The van der Waals surface area contributed by atoms with Crippen LogP contribution < -0.4 is 20.2 Å². The molecule has 0 aliphatic carbocycles. The summed E-state index contributed by atoms with van der Waals surface area (Å²) in [6, 6.07) is 13.2. The van der Waals surface area contributed by atoms with E-state index in [2.05, 4.69) is 29.7 Å². The largest absolute Gasteiger partial charge is 0.494 e. The van der Waals surface area contributed by atoms with Crippen molar-refractivity contribution in [2.45, 2.75) is 40.2 Å². The monoisotopic (exact) mass is 411 g/mol. The Morgan fingerprint density at radius 1 is 1.00 bits per heavy atom. The van der Waals surface area contributed by atoms with E-state index in [1.54, 1.807) is 18.2 Å². The quantitative estimate of drug-likeness (QED) is 0.376. The summed E-state index contributed by atoms with van der Waals surface area (Å²) in [4.78, 5) is 23.9. The summed E-state index contributed by atoms with van der Waals surface area (Å²) in [5, 5.41) is 6.44. The summed E-state index contributed by atoms with van der Waals surface area (Å²) in [5.74, 6) is 0.111. The van der Waals surface area contributed by atoms with Crippen LogP contribution in [0.2, 0.25) is 0 Å². The molecule has 0 fully saturated rings. The summed E-state index contributed by atoms with van der Waals surface area (Å²) in [6.07, 6.45) is 1.43. The molecule has 0 atom stereocenters. The lowest BCUT2D eigenvalue weighted by atomic mass is 10.0. The zero-order chi connectivity index (χ0) is 21.9. The minimum atomic E-state index is -0.839. The van der Waals surface area contributed by atoms with Gasteiger partial charge in [-0.25, -0.2) is 5.43 Å². The van der Waals surface area contributed by atoms with Crippen LogP contribution in [-0.2, 0) is 16.1 Å². The van der Waals surface area contributed by atoms with Gasteiger partial charge in [0.2, 0.25) is 0 Å². The fourth-order valence-corrected chi connectivity index (χ4v) is 2.65. The molecule has 2 N–H and O–H groups in total. The molecule has 2 aromatic rings. The lowest BCUT2D eigenvalue weighted by Gasteiger charge is -2.10. The van der Waals surface area contributed by atoms with Gasteiger partial charge in [0.05, 0.1) is 19.4 Å². The number of hydrogen-bond donors (Lipinski definition) is 2. The molecule has 160 valence electrons. The molecule has 7 heteroatoms. The standard InChI is InChI=1S/C23H29N3O4/c1-5-29-20-12-11-19(21(13-20)30-6-2)15-25-26-23(28)22(27)24-14-17-7-9-18(10-8-17)16(3)4/h7-13,15-16H,5-6,14H2,1-4H3,(H,24,27)(H,26,28)/b25-15-. The van der Waals surface area contributed by atoms with E-state index in [1.807, 2.05) is 38.1 Å². The topological polar surface area (TPSA) is 89.0 Å². The Morgan fingerprint density at radius 2 is 1.70 bits per heavy atom. The average Bonchev–Trinajstić information content (AvgIpc) is 2.74. The summed E-state index contributed by atoms with van der Waals surface area (Å²) >= 11 is 0. The molecule has 0 radical (unpaired) electrons. The molecule has 2 amide bonds. The number of ether oxygens (including phenoxy) is 2. The van der Waals surface area contributed by atoms with Gasteiger partial charge in [-0.1, -0.05) is 38.1 Å². The maximum absolute atomic E-state index is 12.0. The van der Waals surface area contributed by atoms with Gasteiger partial charge in [-0.15, -0.1) is 0 Å². The molecule has 2 rings (SSSR count). The maximum Gasteiger partial charge on any atom is 0.329 e. The highest BCUT2D eigenvalue weighted by Crippen LogP contribution is 2.24. The number of rotatable bonds is 9. The third kappa shape index (κ3) is 6.92. The Hall–Kier alpha value is -3.35. The smallest absolute Gasteiger partial charge is 0.329 e. The van der Waals surface area contributed by atoms with Crippen LogP contribution in [0.25, 0.3) is 0 Å². The zero-order valence-corrected chi connectivity index (χ0v) is 17.9. The Balaban J connectivity index is 1.89. The molecule has 7 nitrogen and oxygen atoms in total. The molecule has 0 heterocycles. The fourth-order valence-electron chi connectivity index (χ4n) is 2.65. The molecule has 0 bridgehead atoms. The normalized spacial score (nSPS) is 10.8. The molecule has 0 aliphatic rings. The number of nitrogens with zero attached hydrogens (tertiary/aromatic N) is 1. The van der Waals surface area contributed by atoms with Crippen LogP contribution in [0, 0.1) is 0 Å². The van der Waals surface area contributed by atoms with E-state index in [9.17, 15) is 9.59 Å². The maximum atomic E-state index is 12.0. The van der Waals surface area contributed by atoms with Gasteiger partial charge in [-0.2, -0.15) is 5.10 Å². The Labute approximate surface area is 177 Å². The number of carbonyl (C=O) groups excluding carboxylic acids is 2. The molecule has 0 aliphatic heterocycles. The number of amides is 2. The number of carbonyl (C=O) groups is 2. The minimum Gasteiger partial charge on any atom is -0.494 e. The van der Waals surface area contributed by atoms with Gasteiger partial charge in [-0.05, 0) is 43.0 Å². The Bertz CT molecular complexity index is 877. The zero-order valence-electron chi connectivity index (χ0n) is 17.9. The van der Waals surface area contributed by atoms with Gasteiger partial charge < -0.3 is 14.8 Å². The van der Waals surface area contributed by atoms with E-state index >= 15 is 0 Å². The predicted octanol–water partition coefficient (Wildman–Crippen LogP) is 3.37. The van der Waals surface area contributed by atoms with Crippen molar-refractivity contribution in [3.63, 3.8) is 0 Å². The van der Waals surface area contributed by atoms with Crippen molar-refractivity contribution in [3.8, 4) is 11.5 Å². The van der Waals surface area contributed by atoms with E-state index in [1.165, 1.54) is 11.8 Å². The van der Waals surface area contributed by atoms with Crippen LogP contribution in [0.4, 0.5) is 0 Å². The molecular weight excluding hydrogens is 382 g/mol. The van der Waals surface area contributed by atoms with Crippen LogP contribution in [0.1, 0.15) is 50.3 Å². The van der Waals surface area contributed by atoms with Crippen molar-refractivity contribution in [3.05, 3.63) is 59.2 Å². The molecule has 2 aromatic carbocycles. The van der Waals surface area contributed by atoms with Crippen LogP contribution in [-0.4, -0.2) is 31.2 Å². The number of hydrazone groups is 1. The van der Waals surface area contributed by atoms with Gasteiger partial charge in [0, 0.05) is 18.2 Å². The Morgan fingerprint density at radius 3 is 2.33 bits per heavy atom. The van der Waals surface area contributed by atoms with Gasteiger partial charge in [0.1, 0.15) is 11.5 Å². The summed E-state index contributed by atoms with van der Waals surface area (Å²) in [5.41, 5.74) is 5.03. The van der Waals surface area contributed by atoms with Crippen molar-refractivity contribution in [1.29, 1.82) is 0 Å². The second-order valence-electron chi connectivity index (χ2n) is 6.84. The lowest BCUT2D eigenvalue weighted by Crippen LogP contribution is -2.37. The number of hydrogen-bond acceptors (Lipinski definition) is 5. The lowest BCUT2D eigenvalue weighted by molar-refractivity contribution is -0.139. The van der Waals surface area contributed by atoms with Crippen molar-refractivity contribution in [2.24, 2.45) is 5.10 Å². The number of nitrogens with one attached hydrogen (secondary N) is 2. The van der Waals surface area contributed by atoms with Gasteiger partial charge in [-0.3, -0.25) is 9.59 Å². The van der Waals surface area contributed by atoms with Crippen molar-refractivity contribution in [2.75, 3.05) is 13.2 Å². The molecule has 0 unspecified atom stereocenters. The minimum absolute atomic E-state index is 0.266. The third-order valence-electron chi connectivity index (χ3n) is 4.27. The van der Waals surface area contributed by atoms with Gasteiger partial charge >= 0.3 is 11.8 Å². The van der Waals surface area contributed by atoms with Crippen molar-refractivity contribution >= 4 is 18.0 Å². The summed E-state index contributed by atoms with van der Waals surface area (Å²) in [7, 11) is 0. The third-order valence-corrected chi connectivity index (χ3v) is 4.27. The first-order valence-corrected chi connectivity index (χ1v) is 10.0. The number of benzene rings is 2. The van der Waals surface area contributed by atoms with Crippen LogP contribution in [0.15, 0.2) is 47.6 Å². The van der Waals surface area contributed by atoms with E-state index in [-0.39, 0.29) is 6.54 Å². The molecule has 0 aromatic heterocycles. The molecular formula is C23H29N3O4. The predicted molar refractivity (Wildman–Crippen MR) is 117 cm³/mol. The SMILES string of the molecule is CCOc1ccc(/C=N\NC(=O)C(=O)NCc2ccc(C(C)C)cc2)c(OCC)c1. The average molecular weight is 412 g/mol. The summed E-state index contributed by atoms with van der Waals surface area (Å²) in [6.45, 7) is 9.30. The van der Waals surface area contributed by atoms with Crippen LogP contribution >= 0.6 is 0 Å². The van der Waals surface area contributed by atoms with E-state index < -0.39 is 11.8 Å². The van der Waals surface area contributed by atoms with E-state index in [4.69, 9.17) is 9.47 Å². The first-order valence-electron chi connectivity index (χ1n) is 10.0. The molecule has 0 spiro atoms. The highest BCUT2D eigenvalue weighted by atomic mass is 16.5. The van der Waals surface area contributed by atoms with Crippen molar-refractivity contribution < 1.29 is 19.1 Å². The second-order valence-corrected chi connectivity index (χ2v) is 6.84. The Kier molecular flexibility index (Phi) is 8.87. The van der Waals surface area contributed by atoms with E-state index in [0.29, 0.717) is 36.2 Å². The first-order chi connectivity index (χ1) is 14.4. The molecule has 0 saturated carbocycles. The van der Waals surface area contributed by atoms with E-state index in [0.717, 1.165) is 5.56 Å². The first kappa shape index (κ1) is 22.9. The highest BCUT2D eigenvalue weighted by Gasteiger charge is 2.12. The van der Waals surface area contributed by atoms with Crippen molar-refractivity contribution in [1.82, 2.24) is 10.7 Å². The highest BCUT2D eigenvalue weighted by molar-refractivity contribution is 6.35. The fraction of sp³-hybridized carbons (Fsp3) is 0.348.